The first kappa shape index (κ1) is 19.1. The monoisotopic (exact) mass is 409 g/mol. The van der Waals surface area contributed by atoms with E-state index < -0.39 is 0 Å². The number of nitrogens with zero attached hydrogens (tertiary/aromatic N) is 1. The van der Waals surface area contributed by atoms with Crippen molar-refractivity contribution in [3.63, 3.8) is 0 Å². The first-order chi connectivity index (χ1) is 14.5. The van der Waals surface area contributed by atoms with Crippen LogP contribution < -0.4 is 15.5 Å². The maximum Gasteiger partial charge on any atom is 0.227 e. The highest BCUT2D eigenvalue weighted by molar-refractivity contribution is 5.94. The fourth-order valence-corrected chi connectivity index (χ4v) is 7.20. The Balaban J connectivity index is 1.05. The molecular weight excluding hydrogens is 374 g/mol. The van der Waals surface area contributed by atoms with Crippen LogP contribution in [0.25, 0.3) is 0 Å². The Bertz CT molecular complexity index is 798. The predicted octanol–water partition coefficient (Wildman–Crippen LogP) is 3.53. The molecule has 2 atom stereocenters. The molecule has 7 rings (SSSR count). The van der Waals surface area contributed by atoms with E-state index in [-0.39, 0.29) is 17.4 Å². The molecule has 162 valence electrons. The molecular formula is C25H35N3O2. The van der Waals surface area contributed by atoms with Crippen LogP contribution in [0.4, 0.5) is 11.4 Å². The molecule has 3 N–H and O–H groups in total. The van der Waals surface area contributed by atoms with Crippen molar-refractivity contribution in [1.29, 1.82) is 0 Å². The molecule has 5 heteroatoms. The summed E-state index contributed by atoms with van der Waals surface area (Å²) in [6, 6.07) is 9.57. The fourth-order valence-electron chi connectivity index (χ4n) is 7.20. The molecule has 1 heterocycles. The third kappa shape index (κ3) is 3.64. The number of nitrogens with one attached hydrogen (secondary N) is 2. The topological polar surface area (TPSA) is 64.6 Å². The molecule has 5 aliphatic carbocycles. The zero-order chi connectivity index (χ0) is 20.3. The standard InChI is InChI=1S/C25H35N3O2/c29-24(17-4-5-17)27-21-2-1-3-22(12-21)28-8-6-20(7-9-28)26-23-18-10-16-11-19(23)15-25(30,13-16)14-18/h1-3,12,16-20,23,26,30H,4-11,13-15H2,(H,27,29)/t16?,18-,19-,23?,25?/m0/s1. The van der Waals surface area contributed by atoms with Crippen molar-refractivity contribution in [2.45, 2.75) is 75.5 Å². The van der Waals surface area contributed by atoms with Crippen LogP contribution in [0.1, 0.15) is 57.8 Å². The Hall–Kier alpha value is -1.59. The molecule has 1 aromatic carbocycles. The Morgan fingerprint density at radius 3 is 2.43 bits per heavy atom. The lowest BCUT2D eigenvalue weighted by Gasteiger charge is -2.59. The molecule has 0 unspecified atom stereocenters. The maximum atomic E-state index is 12.1. The van der Waals surface area contributed by atoms with Gasteiger partial charge >= 0.3 is 0 Å². The second kappa shape index (κ2) is 7.23. The van der Waals surface area contributed by atoms with Crippen LogP contribution in [-0.2, 0) is 4.79 Å². The normalized spacial score (nSPS) is 38.1. The molecule has 0 radical (unpaired) electrons. The van der Waals surface area contributed by atoms with E-state index in [1.807, 2.05) is 6.07 Å². The highest BCUT2D eigenvalue weighted by Crippen LogP contribution is 2.55. The first-order valence-electron chi connectivity index (χ1n) is 12.2. The van der Waals surface area contributed by atoms with E-state index in [1.165, 1.54) is 31.4 Å². The number of rotatable bonds is 5. The second-order valence-corrected chi connectivity index (χ2v) is 11.0. The van der Waals surface area contributed by atoms with Gasteiger partial charge in [-0.1, -0.05) is 6.07 Å². The molecule has 1 aromatic rings. The number of amides is 1. The number of anilines is 2. The van der Waals surface area contributed by atoms with Crippen molar-refractivity contribution < 1.29 is 9.90 Å². The van der Waals surface area contributed by atoms with Gasteiger partial charge in [0, 0.05) is 42.5 Å². The van der Waals surface area contributed by atoms with Crippen LogP contribution in [0, 0.1) is 23.7 Å². The predicted molar refractivity (Wildman–Crippen MR) is 118 cm³/mol. The molecule has 5 saturated carbocycles. The number of carbonyl (C=O) groups is 1. The minimum Gasteiger partial charge on any atom is -0.390 e. The van der Waals surface area contributed by atoms with Crippen molar-refractivity contribution in [2.75, 3.05) is 23.3 Å². The van der Waals surface area contributed by atoms with Gasteiger partial charge in [-0.3, -0.25) is 4.79 Å². The quantitative estimate of drug-likeness (QED) is 0.696. The zero-order valence-electron chi connectivity index (χ0n) is 17.9. The van der Waals surface area contributed by atoms with Gasteiger partial charge < -0.3 is 20.6 Å². The highest BCUT2D eigenvalue weighted by atomic mass is 16.3. The average molecular weight is 410 g/mol. The highest BCUT2D eigenvalue weighted by Gasteiger charge is 2.54. The lowest BCUT2D eigenvalue weighted by atomic mass is 9.52. The van der Waals surface area contributed by atoms with Crippen molar-refractivity contribution in [3.05, 3.63) is 24.3 Å². The Morgan fingerprint density at radius 2 is 1.77 bits per heavy atom. The zero-order valence-corrected chi connectivity index (χ0v) is 17.9. The van der Waals surface area contributed by atoms with Gasteiger partial charge in [0.25, 0.3) is 0 Å². The molecule has 0 aromatic heterocycles. The van der Waals surface area contributed by atoms with E-state index in [1.54, 1.807) is 0 Å². The second-order valence-electron chi connectivity index (χ2n) is 11.0. The van der Waals surface area contributed by atoms with E-state index in [9.17, 15) is 9.90 Å². The molecule has 0 spiro atoms. The van der Waals surface area contributed by atoms with Crippen LogP contribution in [0.2, 0.25) is 0 Å². The third-order valence-electron chi connectivity index (χ3n) is 8.59. The van der Waals surface area contributed by atoms with Gasteiger partial charge in [-0.25, -0.2) is 0 Å². The molecule has 30 heavy (non-hydrogen) atoms. The minimum atomic E-state index is -0.335. The summed E-state index contributed by atoms with van der Waals surface area (Å²) in [7, 11) is 0. The van der Waals surface area contributed by atoms with Crippen LogP contribution in [0.15, 0.2) is 24.3 Å². The summed E-state index contributed by atoms with van der Waals surface area (Å²) in [5, 5.41) is 18.0. The average Bonchev–Trinajstić information content (AvgIpc) is 3.56. The smallest absolute Gasteiger partial charge is 0.227 e. The Kier molecular flexibility index (Phi) is 4.61. The molecule has 5 nitrogen and oxygen atoms in total. The summed E-state index contributed by atoms with van der Waals surface area (Å²) in [6.45, 7) is 2.12. The number of hydrogen-bond donors (Lipinski definition) is 3. The molecule has 1 saturated heterocycles. The fraction of sp³-hybridized carbons (Fsp3) is 0.720. The van der Waals surface area contributed by atoms with Gasteiger partial charge in [-0.05, 0) is 93.7 Å². The van der Waals surface area contributed by atoms with Gasteiger partial charge in [0.15, 0.2) is 0 Å². The van der Waals surface area contributed by atoms with E-state index >= 15 is 0 Å². The third-order valence-corrected chi connectivity index (χ3v) is 8.59. The number of hydrogen-bond acceptors (Lipinski definition) is 4. The van der Waals surface area contributed by atoms with E-state index in [0.717, 1.165) is 56.8 Å². The van der Waals surface area contributed by atoms with E-state index in [4.69, 9.17) is 0 Å². The molecule has 6 aliphatic rings. The molecule has 1 aliphatic heterocycles. The van der Waals surface area contributed by atoms with Gasteiger partial charge in [0.05, 0.1) is 5.60 Å². The summed E-state index contributed by atoms with van der Waals surface area (Å²) in [4.78, 5) is 14.5. The Labute approximate surface area is 179 Å². The van der Waals surface area contributed by atoms with Crippen molar-refractivity contribution >= 4 is 17.3 Å². The van der Waals surface area contributed by atoms with Gasteiger partial charge in [-0.2, -0.15) is 0 Å². The van der Waals surface area contributed by atoms with Crippen molar-refractivity contribution in [3.8, 4) is 0 Å². The molecule has 1 amide bonds. The summed E-state index contributed by atoms with van der Waals surface area (Å²) in [5.41, 5.74) is 1.81. The van der Waals surface area contributed by atoms with Crippen molar-refractivity contribution in [2.24, 2.45) is 23.7 Å². The van der Waals surface area contributed by atoms with Gasteiger partial charge in [0.1, 0.15) is 0 Å². The summed E-state index contributed by atoms with van der Waals surface area (Å²) in [6.07, 6.45) is 10.2. The maximum absolute atomic E-state index is 12.1. The van der Waals surface area contributed by atoms with E-state index in [0.29, 0.717) is 23.9 Å². The summed E-state index contributed by atoms with van der Waals surface area (Å²) >= 11 is 0. The number of benzene rings is 1. The largest absolute Gasteiger partial charge is 0.390 e. The van der Waals surface area contributed by atoms with Crippen LogP contribution in [0.5, 0.6) is 0 Å². The lowest BCUT2D eigenvalue weighted by molar-refractivity contribution is -0.140. The number of piperidine rings is 1. The van der Waals surface area contributed by atoms with Crippen molar-refractivity contribution in [1.82, 2.24) is 5.32 Å². The van der Waals surface area contributed by atoms with Crippen LogP contribution in [0.3, 0.4) is 0 Å². The summed E-state index contributed by atoms with van der Waals surface area (Å²) in [5.74, 6) is 2.56. The van der Waals surface area contributed by atoms with E-state index in [2.05, 4.69) is 33.7 Å². The lowest BCUT2D eigenvalue weighted by Crippen LogP contribution is -2.62. The van der Waals surface area contributed by atoms with Gasteiger partial charge in [0.2, 0.25) is 5.91 Å². The number of carbonyl (C=O) groups excluding carboxylic acids is 1. The minimum absolute atomic E-state index is 0.176. The summed E-state index contributed by atoms with van der Waals surface area (Å²) < 4.78 is 0. The van der Waals surface area contributed by atoms with Gasteiger partial charge in [-0.15, -0.1) is 0 Å². The first-order valence-corrected chi connectivity index (χ1v) is 12.2. The molecule has 4 bridgehead atoms. The number of aliphatic hydroxyl groups is 1. The molecule has 6 fully saturated rings. The SMILES string of the molecule is O=C(Nc1cccc(N2CCC(NC3[C@H]4CC5C[C@H]3CC(O)(C5)C4)CC2)c1)C1CC1. The van der Waals surface area contributed by atoms with Crippen LogP contribution in [-0.4, -0.2) is 41.8 Å². The van der Waals surface area contributed by atoms with Crippen LogP contribution >= 0.6 is 0 Å². The Morgan fingerprint density at radius 1 is 1.03 bits per heavy atom.